The summed E-state index contributed by atoms with van der Waals surface area (Å²) in [6.45, 7) is 1.62. The highest BCUT2D eigenvalue weighted by molar-refractivity contribution is 7.22. The molecular weight excluding hydrogens is 319 g/mol. The summed E-state index contributed by atoms with van der Waals surface area (Å²) in [7, 11) is 0. The molecule has 9 heteroatoms. The van der Waals surface area contributed by atoms with Crippen LogP contribution in [-0.2, 0) is 6.18 Å². The Hall–Kier alpha value is -2.42. The number of anilines is 1. The molecule has 0 saturated heterocycles. The molecule has 2 aromatic heterocycles. The summed E-state index contributed by atoms with van der Waals surface area (Å²) in [6, 6.07) is 5.19. The lowest BCUT2D eigenvalue weighted by atomic mass is 10.2. The zero-order chi connectivity index (χ0) is 15.9. The highest BCUT2D eigenvalue weighted by Crippen LogP contribution is 2.37. The van der Waals surface area contributed by atoms with Crippen molar-refractivity contribution in [2.75, 3.05) is 5.32 Å². The predicted octanol–water partition coefficient (Wildman–Crippen LogP) is 3.86. The lowest BCUT2D eigenvalue weighted by molar-refractivity contribution is -0.136. The first-order chi connectivity index (χ1) is 10.3. The van der Waals surface area contributed by atoms with Crippen molar-refractivity contribution in [3.63, 3.8) is 0 Å². The molecule has 5 nitrogen and oxygen atoms in total. The van der Waals surface area contributed by atoms with E-state index in [4.69, 9.17) is 4.52 Å². The summed E-state index contributed by atoms with van der Waals surface area (Å²) >= 11 is 0.956. The minimum absolute atomic E-state index is 0.0350. The van der Waals surface area contributed by atoms with Crippen LogP contribution in [0.1, 0.15) is 21.8 Å². The van der Waals surface area contributed by atoms with Crippen molar-refractivity contribution in [2.24, 2.45) is 0 Å². The fourth-order valence-electron chi connectivity index (χ4n) is 1.87. The number of hydrogen-bond acceptors (Lipinski definition) is 5. The van der Waals surface area contributed by atoms with E-state index in [1.807, 2.05) is 0 Å². The molecule has 0 fully saturated rings. The van der Waals surface area contributed by atoms with Crippen LogP contribution in [0.5, 0.6) is 0 Å². The van der Waals surface area contributed by atoms with Gasteiger partial charge in [-0.15, -0.1) is 0 Å². The standard InChI is InChI=1S/C13H8F3N3O2S/c1-6-5-8(19-21-6)11(20)18-12-17-10-7(13(14,15)16)3-2-4-9(10)22-12/h2-5H,1H3,(H,17,18,20). The minimum atomic E-state index is -4.50. The number of rotatable bonds is 2. The Bertz CT molecular complexity index is 854. The summed E-state index contributed by atoms with van der Waals surface area (Å²) in [5, 5.41) is 6.02. The summed E-state index contributed by atoms with van der Waals surface area (Å²) in [5.41, 5.74) is -0.988. The first-order valence-corrected chi connectivity index (χ1v) is 6.87. The zero-order valence-electron chi connectivity index (χ0n) is 11.1. The van der Waals surface area contributed by atoms with Gasteiger partial charge in [0.25, 0.3) is 5.91 Å². The molecule has 2 heterocycles. The van der Waals surface area contributed by atoms with E-state index in [0.29, 0.717) is 10.5 Å². The molecule has 0 unspecified atom stereocenters. The van der Waals surface area contributed by atoms with Gasteiger partial charge in [-0.25, -0.2) is 4.98 Å². The molecule has 0 aliphatic heterocycles. The lowest BCUT2D eigenvalue weighted by Crippen LogP contribution is -2.12. The van der Waals surface area contributed by atoms with Crippen molar-refractivity contribution in [3.05, 3.63) is 41.3 Å². The Kier molecular flexibility index (Phi) is 3.36. The van der Waals surface area contributed by atoms with Gasteiger partial charge in [0.2, 0.25) is 0 Å². The third kappa shape index (κ3) is 2.67. The monoisotopic (exact) mass is 327 g/mol. The molecule has 0 bridgehead atoms. The molecule has 1 aromatic carbocycles. The smallest absolute Gasteiger partial charge is 0.361 e. The Balaban J connectivity index is 1.94. The van der Waals surface area contributed by atoms with E-state index >= 15 is 0 Å². The van der Waals surface area contributed by atoms with Gasteiger partial charge in [0.1, 0.15) is 5.76 Å². The summed E-state index contributed by atoms with van der Waals surface area (Å²) in [6.07, 6.45) is -4.50. The van der Waals surface area contributed by atoms with Crippen LogP contribution in [0.2, 0.25) is 0 Å². The number of halogens is 3. The summed E-state index contributed by atoms with van der Waals surface area (Å²) in [5.74, 6) is -0.140. The third-order valence-corrected chi connectivity index (χ3v) is 3.74. The molecule has 0 spiro atoms. The SMILES string of the molecule is Cc1cc(C(=O)Nc2nc3c(C(F)(F)F)cccc3s2)no1. The number of alkyl halides is 3. The van der Waals surface area contributed by atoms with Crippen molar-refractivity contribution in [1.82, 2.24) is 10.1 Å². The Morgan fingerprint density at radius 1 is 1.36 bits per heavy atom. The first-order valence-electron chi connectivity index (χ1n) is 6.06. The Labute approximate surface area is 125 Å². The number of para-hydroxylation sites is 1. The van der Waals surface area contributed by atoms with Crippen LogP contribution >= 0.6 is 11.3 Å². The Morgan fingerprint density at radius 2 is 2.14 bits per heavy atom. The van der Waals surface area contributed by atoms with Gasteiger partial charge in [0.15, 0.2) is 10.8 Å². The maximum absolute atomic E-state index is 12.9. The second-order valence-electron chi connectivity index (χ2n) is 4.45. The molecular formula is C13H8F3N3O2S. The van der Waals surface area contributed by atoms with E-state index in [-0.39, 0.29) is 16.3 Å². The van der Waals surface area contributed by atoms with E-state index in [2.05, 4.69) is 15.5 Å². The fourth-order valence-corrected chi connectivity index (χ4v) is 2.75. The number of thiazole rings is 1. The second-order valence-corrected chi connectivity index (χ2v) is 5.48. The summed E-state index contributed by atoms with van der Waals surface area (Å²) in [4.78, 5) is 15.8. The average Bonchev–Trinajstić information content (AvgIpc) is 3.02. The molecule has 0 aliphatic rings. The van der Waals surface area contributed by atoms with Crippen LogP contribution in [0.25, 0.3) is 10.2 Å². The maximum Gasteiger partial charge on any atom is 0.418 e. The van der Waals surface area contributed by atoms with E-state index in [0.717, 1.165) is 17.4 Å². The van der Waals surface area contributed by atoms with Gasteiger partial charge in [0, 0.05) is 6.07 Å². The number of nitrogens with one attached hydrogen (secondary N) is 1. The van der Waals surface area contributed by atoms with Crippen LogP contribution in [0.3, 0.4) is 0 Å². The number of carbonyl (C=O) groups excluding carboxylic acids is 1. The van der Waals surface area contributed by atoms with Crippen LogP contribution < -0.4 is 5.32 Å². The quantitative estimate of drug-likeness (QED) is 0.776. The number of benzene rings is 1. The molecule has 22 heavy (non-hydrogen) atoms. The van der Waals surface area contributed by atoms with Gasteiger partial charge >= 0.3 is 6.18 Å². The van der Waals surface area contributed by atoms with Crippen LogP contribution in [0.15, 0.2) is 28.8 Å². The average molecular weight is 327 g/mol. The van der Waals surface area contributed by atoms with Gasteiger partial charge in [-0.05, 0) is 19.1 Å². The molecule has 3 aromatic rings. The largest absolute Gasteiger partial charge is 0.418 e. The van der Waals surface area contributed by atoms with E-state index < -0.39 is 17.6 Å². The highest BCUT2D eigenvalue weighted by atomic mass is 32.1. The number of nitrogens with zero attached hydrogens (tertiary/aromatic N) is 2. The number of aromatic nitrogens is 2. The van der Waals surface area contributed by atoms with E-state index in [1.165, 1.54) is 18.2 Å². The first kappa shape index (κ1) is 14.5. The number of carbonyl (C=O) groups is 1. The van der Waals surface area contributed by atoms with Crippen molar-refractivity contribution in [3.8, 4) is 0 Å². The molecule has 0 radical (unpaired) electrons. The van der Waals surface area contributed by atoms with Gasteiger partial charge in [0.05, 0.1) is 15.8 Å². The number of amides is 1. The summed E-state index contributed by atoms with van der Waals surface area (Å²) < 4.78 is 43.8. The third-order valence-electron chi connectivity index (χ3n) is 2.81. The zero-order valence-corrected chi connectivity index (χ0v) is 11.9. The Morgan fingerprint density at radius 3 is 2.77 bits per heavy atom. The normalized spacial score (nSPS) is 11.8. The van der Waals surface area contributed by atoms with Crippen molar-refractivity contribution in [1.29, 1.82) is 0 Å². The minimum Gasteiger partial charge on any atom is -0.361 e. The van der Waals surface area contributed by atoms with E-state index in [1.54, 1.807) is 6.92 Å². The molecule has 3 rings (SSSR count). The lowest BCUT2D eigenvalue weighted by Gasteiger charge is -2.05. The van der Waals surface area contributed by atoms with Gasteiger partial charge in [-0.2, -0.15) is 13.2 Å². The van der Waals surface area contributed by atoms with Crippen LogP contribution in [0.4, 0.5) is 18.3 Å². The number of hydrogen-bond donors (Lipinski definition) is 1. The van der Waals surface area contributed by atoms with Crippen LogP contribution in [0, 0.1) is 6.92 Å². The molecule has 0 atom stereocenters. The molecule has 0 aliphatic carbocycles. The highest BCUT2D eigenvalue weighted by Gasteiger charge is 2.33. The van der Waals surface area contributed by atoms with Gasteiger partial charge in [-0.3, -0.25) is 10.1 Å². The van der Waals surface area contributed by atoms with Crippen molar-refractivity contribution >= 4 is 32.6 Å². The molecule has 114 valence electrons. The molecule has 1 amide bonds. The topological polar surface area (TPSA) is 68.0 Å². The fraction of sp³-hybridized carbons (Fsp3) is 0.154. The predicted molar refractivity (Wildman–Crippen MR) is 73.8 cm³/mol. The maximum atomic E-state index is 12.9. The van der Waals surface area contributed by atoms with Crippen molar-refractivity contribution in [2.45, 2.75) is 13.1 Å². The van der Waals surface area contributed by atoms with Gasteiger partial charge in [-0.1, -0.05) is 22.6 Å². The molecule has 1 N–H and O–H groups in total. The van der Waals surface area contributed by atoms with Crippen LogP contribution in [-0.4, -0.2) is 16.0 Å². The van der Waals surface area contributed by atoms with Crippen molar-refractivity contribution < 1.29 is 22.5 Å². The van der Waals surface area contributed by atoms with E-state index in [9.17, 15) is 18.0 Å². The molecule has 0 saturated carbocycles. The second kappa shape index (κ2) is 5.09. The van der Waals surface area contributed by atoms with Gasteiger partial charge < -0.3 is 4.52 Å². The number of fused-ring (bicyclic) bond motifs is 1. The number of aryl methyl sites for hydroxylation is 1.